The Labute approximate surface area is 99.3 Å². The van der Waals surface area contributed by atoms with Crippen molar-refractivity contribution >= 4 is 0 Å². The van der Waals surface area contributed by atoms with E-state index in [-0.39, 0.29) is 0 Å². The molecule has 3 atom stereocenters. The molecular formula is C13H26N2O. The van der Waals surface area contributed by atoms with Crippen molar-refractivity contribution in [3.05, 3.63) is 0 Å². The average Bonchev–Trinajstić information content (AvgIpc) is 2.61. The smallest absolute Gasteiger partial charge is 0.0503 e. The predicted molar refractivity (Wildman–Crippen MR) is 66.4 cm³/mol. The molecule has 1 heterocycles. The van der Waals surface area contributed by atoms with E-state index in [0.29, 0.717) is 12.1 Å². The number of hydrogen-bond acceptors (Lipinski definition) is 3. The number of nitrogens with zero attached hydrogens (tertiary/aromatic N) is 1. The first kappa shape index (κ1) is 12.3. The molecule has 94 valence electrons. The molecule has 0 radical (unpaired) electrons. The van der Waals surface area contributed by atoms with Gasteiger partial charge in [0.25, 0.3) is 0 Å². The van der Waals surface area contributed by atoms with Crippen molar-refractivity contribution in [2.45, 2.75) is 50.6 Å². The minimum absolute atomic E-state index is 0.406. The first-order valence-corrected chi connectivity index (χ1v) is 6.80. The molecule has 1 aliphatic heterocycles. The second kappa shape index (κ2) is 5.99. The number of rotatable bonds is 3. The summed E-state index contributed by atoms with van der Waals surface area (Å²) in [5.41, 5.74) is 6.31. The predicted octanol–water partition coefficient (Wildman–Crippen LogP) is 1.61. The second-order valence-corrected chi connectivity index (χ2v) is 5.47. The molecule has 0 spiro atoms. The SMILES string of the molecule is COCC1CCN(C2CCCCCC2N)C1. The van der Waals surface area contributed by atoms with E-state index in [1.165, 1.54) is 51.6 Å². The summed E-state index contributed by atoms with van der Waals surface area (Å²) in [6.07, 6.45) is 7.88. The molecule has 1 saturated heterocycles. The zero-order valence-corrected chi connectivity index (χ0v) is 10.5. The lowest BCUT2D eigenvalue weighted by molar-refractivity contribution is 0.140. The van der Waals surface area contributed by atoms with E-state index in [9.17, 15) is 0 Å². The molecule has 0 aromatic heterocycles. The van der Waals surface area contributed by atoms with Crippen LogP contribution in [0, 0.1) is 5.92 Å². The van der Waals surface area contributed by atoms with Gasteiger partial charge in [-0.1, -0.05) is 19.3 Å². The van der Waals surface area contributed by atoms with Gasteiger partial charge in [-0.15, -0.1) is 0 Å². The Hall–Kier alpha value is -0.120. The molecule has 2 N–H and O–H groups in total. The quantitative estimate of drug-likeness (QED) is 0.743. The highest BCUT2D eigenvalue weighted by atomic mass is 16.5. The van der Waals surface area contributed by atoms with Crippen LogP contribution in [0.4, 0.5) is 0 Å². The third kappa shape index (κ3) is 2.96. The number of methoxy groups -OCH3 is 1. The van der Waals surface area contributed by atoms with Gasteiger partial charge in [0.1, 0.15) is 0 Å². The Morgan fingerprint density at radius 1 is 1.19 bits per heavy atom. The van der Waals surface area contributed by atoms with Gasteiger partial charge in [0.15, 0.2) is 0 Å². The topological polar surface area (TPSA) is 38.5 Å². The van der Waals surface area contributed by atoms with Crippen molar-refractivity contribution in [1.82, 2.24) is 4.90 Å². The van der Waals surface area contributed by atoms with E-state index < -0.39 is 0 Å². The van der Waals surface area contributed by atoms with Crippen LogP contribution >= 0.6 is 0 Å². The molecule has 3 nitrogen and oxygen atoms in total. The van der Waals surface area contributed by atoms with Crippen molar-refractivity contribution in [3.8, 4) is 0 Å². The van der Waals surface area contributed by atoms with Gasteiger partial charge >= 0.3 is 0 Å². The number of ether oxygens (including phenoxy) is 1. The van der Waals surface area contributed by atoms with Gasteiger partial charge in [0.05, 0.1) is 6.61 Å². The zero-order valence-electron chi connectivity index (χ0n) is 10.5. The maximum absolute atomic E-state index is 6.31. The molecule has 16 heavy (non-hydrogen) atoms. The fourth-order valence-corrected chi connectivity index (χ4v) is 3.31. The van der Waals surface area contributed by atoms with Crippen LogP contribution in [0.15, 0.2) is 0 Å². The molecule has 2 aliphatic rings. The highest BCUT2D eigenvalue weighted by Crippen LogP contribution is 2.26. The van der Waals surface area contributed by atoms with E-state index in [1.54, 1.807) is 7.11 Å². The van der Waals surface area contributed by atoms with Gasteiger partial charge in [-0.2, -0.15) is 0 Å². The molecule has 2 rings (SSSR count). The van der Waals surface area contributed by atoms with Crippen LogP contribution in [0.25, 0.3) is 0 Å². The summed E-state index contributed by atoms with van der Waals surface area (Å²) in [6, 6.07) is 1.05. The molecule has 2 fully saturated rings. The largest absolute Gasteiger partial charge is 0.384 e. The average molecular weight is 226 g/mol. The Kier molecular flexibility index (Phi) is 4.62. The Morgan fingerprint density at radius 2 is 2.00 bits per heavy atom. The Morgan fingerprint density at radius 3 is 2.81 bits per heavy atom. The maximum Gasteiger partial charge on any atom is 0.0503 e. The van der Waals surface area contributed by atoms with Crippen molar-refractivity contribution in [2.24, 2.45) is 11.7 Å². The maximum atomic E-state index is 6.31. The van der Waals surface area contributed by atoms with Crippen molar-refractivity contribution in [3.63, 3.8) is 0 Å². The van der Waals surface area contributed by atoms with Crippen LogP contribution in [0.5, 0.6) is 0 Å². The number of hydrogen-bond donors (Lipinski definition) is 1. The summed E-state index contributed by atoms with van der Waals surface area (Å²) in [7, 11) is 1.81. The molecule has 0 aromatic rings. The summed E-state index contributed by atoms with van der Waals surface area (Å²) < 4.78 is 5.26. The first-order chi connectivity index (χ1) is 7.81. The van der Waals surface area contributed by atoms with Gasteiger partial charge in [-0.3, -0.25) is 4.90 Å². The lowest BCUT2D eigenvalue weighted by Crippen LogP contribution is -2.46. The Bertz CT molecular complexity index is 210. The lowest BCUT2D eigenvalue weighted by atomic mass is 10.0. The van der Waals surface area contributed by atoms with Crippen molar-refractivity contribution < 1.29 is 4.74 Å². The summed E-state index contributed by atoms with van der Waals surface area (Å²) in [4.78, 5) is 2.62. The van der Waals surface area contributed by atoms with Gasteiger partial charge < -0.3 is 10.5 Å². The fourth-order valence-electron chi connectivity index (χ4n) is 3.31. The molecule has 0 bridgehead atoms. The minimum atomic E-state index is 0.406. The van der Waals surface area contributed by atoms with Crippen LogP contribution in [0.3, 0.4) is 0 Å². The highest BCUT2D eigenvalue weighted by molar-refractivity contribution is 4.88. The lowest BCUT2D eigenvalue weighted by Gasteiger charge is -2.31. The van der Waals surface area contributed by atoms with Crippen LogP contribution in [-0.2, 0) is 4.74 Å². The number of nitrogens with two attached hydrogens (primary N) is 1. The van der Waals surface area contributed by atoms with Gasteiger partial charge in [0.2, 0.25) is 0 Å². The van der Waals surface area contributed by atoms with Crippen LogP contribution < -0.4 is 5.73 Å². The summed E-state index contributed by atoms with van der Waals surface area (Å²) in [6.45, 7) is 3.34. The molecule has 1 saturated carbocycles. The summed E-state index contributed by atoms with van der Waals surface area (Å²) in [5.74, 6) is 0.737. The number of likely N-dealkylation sites (tertiary alicyclic amines) is 1. The molecule has 0 aromatic carbocycles. The molecular weight excluding hydrogens is 200 g/mol. The third-order valence-corrected chi connectivity index (χ3v) is 4.22. The summed E-state index contributed by atoms with van der Waals surface area (Å²) >= 11 is 0. The van der Waals surface area contributed by atoms with Gasteiger partial charge in [-0.25, -0.2) is 0 Å². The normalized spacial score (nSPS) is 37.5. The fraction of sp³-hybridized carbons (Fsp3) is 1.00. The standard InChI is InChI=1S/C13H26N2O/c1-16-10-11-7-8-15(9-11)13-6-4-2-3-5-12(13)14/h11-13H,2-10,14H2,1H3. The third-order valence-electron chi connectivity index (χ3n) is 4.22. The van der Waals surface area contributed by atoms with E-state index >= 15 is 0 Å². The van der Waals surface area contributed by atoms with E-state index in [1.807, 2.05) is 0 Å². The van der Waals surface area contributed by atoms with Gasteiger partial charge in [-0.05, 0) is 31.7 Å². The zero-order chi connectivity index (χ0) is 11.4. The molecule has 0 amide bonds. The van der Waals surface area contributed by atoms with Crippen LogP contribution in [0.1, 0.15) is 38.5 Å². The minimum Gasteiger partial charge on any atom is -0.384 e. The van der Waals surface area contributed by atoms with E-state index in [2.05, 4.69) is 4.90 Å². The second-order valence-electron chi connectivity index (χ2n) is 5.47. The van der Waals surface area contributed by atoms with Crippen LogP contribution in [-0.4, -0.2) is 43.8 Å². The highest BCUT2D eigenvalue weighted by Gasteiger charge is 2.31. The molecule has 3 unspecified atom stereocenters. The van der Waals surface area contributed by atoms with E-state index in [0.717, 1.165) is 12.5 Å². The molecule has 3 heteroatoms. The van der Waals surface area contributed by atoms with Crippen LogP contribution in [0.2, 0.25) is 0 Å². The van der Waals surface area contributed by atoms with E-state index in [4.69, 9.17) is 10.5 Å². The molecule has 1 aliphatic carbocycles. The monoisotopic (exact) mass is 226 g/mol. The summed E-state index contributed by atoms with van der Waals surface area (Å²) in [5, 5.41) is 0. The Balaban J connectivity index is 1.86. The van der Waals surface area contributed by atoms with Gasteiger partial charge in [0, 0.05) is 25.7 Å². The van der Waals surface area contributed by atoms with Crippen molar-refractivity contribution in [1.29, 1.82) is 0 Å². The first-order valence-electron chi connectivity index (χ1n) is 6.80. The van der Waals surface area contributed by atoms with Crippen molar-refractivity contribution in [2.75, 3.05) is 26.8 Å².